The predicted octanol–water partition coefficient (Wildman–Crippen LogP) is 3.37. The number of hydrogen-bond donors (Lipinski definition) is 1. The Bertz CT molecular complexity index is 481. The van der Waals surface area contributed by atoms with Gasteiger partial charge in [0.15, 0.2) is 0 Å². The fourth-order valence-electron chi connectivity index (χ4n) is 1.40. The third kappa shape index (κ3) is 4.65. The molecule has 1 rings (SSSR count). The molecule has 0 fully saturated rings. The smallest absolute Gasteiger partial charge is 0.405 e. The van der Waals surface area contributed by atoms with Gasteiger partial charge >= 0.3 is 6.36 Å². The number of amides is 1. The van der Waals surface area contributed by atoms with Gasteiger partial charge in [-0.1, -0.05) is 18.7 Å². The first-order valence-corrected chi connectivity index (χ1v) is 5.56. The number of nitrogens with one attached hydrogen (secondary N) is 1. The highest BCUT2D eigenvalue weighted by atomic mass is 19.4. The Morgan fingerprint density at radius 2 is 2.05 bits per heavy atom. The summed E-state index contributed by atoms with van der Waals surface area (Å²) in [5.41, 5.74) is 0.261. The van der Waals surface area contributed by atoms with Crippen LogP contribution in [0, 0.1) is 0 Å². The minimum Gasteiger partial charge on any atom is -0.405 e. The van der Waals surface area contributed by atoms with E-state index < -0.39 is 18.0 Å². The summed E-state index contributed by atoms with van der Waals surface area (Å²) >= 11 is 0. The van der Waals surface area contributed by atoms with Gasteiger partial charge in [-0.05, 0) is 31.5 Å². The molecule has 19 heavy (non-hydrogen) atoms. The van der Waals surface area contributed by atoms with Crippen molar-refractivity contribution in [2.75, 3.05) is 0 Å². The number of halogens is 3. The first-order chi connectivity index (χ1) is 8.73. The highest BCUT2D eigenvalue weighted by molar-refractivity contribution is 5.97. The van der Waals surface area contributed by atoms with E-state index in [0.29, 0.717) is 5.56 Å². The molecule has 0 unspecified atom stereocenters. The molecule has 1 amide bonds. The van der Waals surface area contributed by atoms with Gasteiger partial charge in [-0.15, -0.1) is 13.2 Å². The van der Waals surface area contributed by atoms with E-state index >= 15 is 0 Å². The fourth-order valence-corrected chi connectivity index (χ4v) is 1.40. The molecule has 0 aliphatic rings. The van der Waals surface area contributed by atoms with Gasteiger partial charge in [0.05, 0.1) is 5.56 Å². The topological polar surface area (TPSA) is 38.3 Å². The molecule has 0 aliphatic carbocycles. The van der Waals surface area contributed by atoms with Crippen LogP contribution in [-0.2, 0) is 0 Å². The predicted molar refractivity (Wildman–Crippen MR) is 65.8 cm³/mol. The van der Waals surface area contributed by atoms with Crippen LogP contribution in [0.4, 0.5) is 13.2 Å². The average Bonchev–Trinajstić information content (AvgIpc) is 2.25. The van der Waals surface area contributed by atoms with Crippen molar-refractivity contribution in [3.05, 3.63) is 35.9 Å². The number of carbonyl (C=O) groups is 1. The molecule has 0 spiro atoms. The molecule has 1 aromatic rings. The maximum Gasteiger partial charge on any atom is 0.573 e. The van der Waals surface area contributed by atoms with Crippen molar-refractivity contribution in [3.63, 3.8) is 0 Å². The maximum absolute atomic E-state index is 12.3. The molecule has 0 aliphatic heterocycles. The van der Waals surface area contributed by atoms with E-state index in [1.54, 1.807) is 13.8 Å². The molecule has 0 saturated heterocycles. The van der Waals surface area contributed by atoms with Crippen LogP contribution >= 0.6 is 0 Å². The summed E-state index contributed by atoms with van der Waals surface area (Å²) in [6.45, 7) is 6.87. The van der Waals surface area contributed by atoms with E-state index in [9.17, 15) is 18.0 Å². The lowest BCUT2D eigenvalue weighted by molar-refractivity contribution is -0.274. The lowest BCUT2D eigenvalue weighted by atomic mass is 10.1. The second-order valence-electron chi connectivity index (χ2n) is 4.14. The number of ether oxygens (including phenoxy) is 1. The lowest BCUT2D eigenvalue weighted by Gasteiger charge is -2.15. The van der Waals surface area contributed by atoms with E-state index in [2.05, 4.69) is 16.6 Å². The fraction of sp³-hybridized carbons (Fsp3) is 0.308. The van der Waals surface area contributed by atoms with Crippen LogP contribution in [-0.4, -0.2) is 18.3 Å². The van der Waals surface area contributed by atoms with Gasteiger partial charge in [-0.2, -0.15) is 0 Å². The number of rotatable bonds is 4. The van der Waals surface area contributed by atoms with Crippen molar-refractivity contribution in [1.29, 1.82) is 0 Å². The molecule has 0 bridgehead atoms. The summed E-state index contributed by atoms with van der Waals surface area (Å²) in [4.78, 5) is 11.8. The van der Waals surface area contributed by atoms with Crippen LogP contribution in [0.15, 0.2) is 24.8 Å². The zero-order valence-electron chi connectivity index (χ0n) is 10.5. The van der Waals surface area contributed by atoms with E-state index in [4.69, 9.17) is 0 Å². The zero-order valence-corrected chi connectivity index (χ0v) is 10.5. The molecule has 1 aromatic carbocycles. The number of alkyl halides is 3. The molecule has 0 aromatic heterocycles. The Morgan fingerprint density at radius 1 is 1.42 bits per heavy atom. The molecular weight excluding hydrogens is 259 g/mol. The van der Waals surface area contributed by atoms with Crippen molar-refractivity contribution in [1.82, 2.24) is 5.32 Å². The summed E-state index contributed by atoms with van der Waals surface area (Å²) in [7, 11) is 0. The molecule has 3 nitrogen and oxygen atoms in total. The Hall–Kier alpha value is -1.98. The molecule has 0 saturated carbocycles. The van der Waals surface area contributed by atoms with E-state index in [1.165, 1.54) is 18.2 Å². The van der Waals surface area contributed by atoms with Crippen LogP contribution in [0.1, 0.15) is 29.8 Å². The van der Waals surface area contributed by atoms with E-state index in [1.807, 2.05) is 0 Å². The van der Waals surface area contributed by atoms with Crippen LogP contribution in [0.5, 0.6) is 5.75 Å². The molecular formula is C13H14F3NO2. The van der Waals surface area contributed by atoms with Gasteiger partial charge in [0.2, 0.25) is 0 Å². The minimum absolute atomic E-state index is 0.170. The number of carbonyl (C=O) groups excluding carboxylic acids is 1. The monoisotopic (exact) mass is 273 g/mol. The third-order valence-electron chi connectivity index (χ3n) is 2.13. The molecule has 0 atom stereocenters. The Balaban J connectivity index is 3.15. The second-order valence-corrected chi connectivity index (χ2v) is 4.14. The van der Waals surface area contributed by atoms with Crippen molar-refractivity contribution < 1.29 is 22.7 Å². The van der Waals surface area contributed by atoms with E-state index in [-0.39, 0.29) is 11.6 Å². The van der Waals surface area contributed by atoms with Gasteiger partial charge in [0, 0.05) is 6.04 Å². The summed E-state index contributed by atoms with van der Waals surface area (Å²) in [6.07, 6.45) is -3.49. The van der Waals surface area contributed by atoms with Crippen LogP contribution in [0.25, 0.3) is 6.08 Å². The summed E-state index contributed by atoms with van der Waals surface area (Å²) in [5, 5.41) is 2.51. The normalized spacial score (nSPS) is 11.3. The Kier molecular flexibility index (Phi) is 4.58. The maximum atomic E-state index is 12.3. The van der Waals surface area contributed by atoms with Crippen LogP contribution < -0.4 is 10.1 Å². The molecule has 0 heterocycles. The highest BCUT2D eigenvalue weighted by Crippen LogP contribution is 2.28. The first kappa shape index (κ1) is 15.1. The van der Waals surface area contributed by atoms with Gasteiger partial charge in [-0.3, -0.25) is 4.79 Å². The SMILES string of the molecule is C=Cc1ccc(C(=O)NC(C)C)c(OC(F)(F)F)c1. The Morgan fingerprint density at radius 3 is 2.53 bits per heavy atom. The van der Waals surface area contributed by atoms with Crippen molar-refractivity contribution in [3.8, 4) is 5.75 Å². The molecule has 1 N–H and O–H groups in total. The van der Waals surface area contributed by atoms with Crippen molar-refractivity contribution in [2.24, 2.45) is 0 Å². The molecule has 104 valence electrons. The summed E-state index contributed by atoms with van der Waals surface area (Å²) in [6, 6.07) is 3.70. The second kappa shape index (κ2) is 5.77. The first-order valence-electron chi connectivity index (χ1n) is 5.56. The van der Waals surface area contributed by atoms with Gasteiger partial charge in [0.25, 0.3) is 5.91 Å². The van der Waals surface area contributed by atoms with Gasteiger partial charge in [-0.25, -0.2) is 0 Å². The van der Waals surface area contributed by atoms with Crippen molar-refractivity contribution >= 4 is 12.0 Å². The highest BCUT2D eigenvalue weighted by Gasteiger charge is 2.33. The standard InChI is InChI=1S/C13H14F3NO2/c1-4-9-5-6-10(12(18)17-8(2)3)11(7-9)19-13(14,15)16/h4-8H,1H2,2-3H3,(H,17,18). The Labute approximate surface area is 109 Å². The summed E-state index contributed by atoms with van der Waals surface area (Å²) < 4.78 is 40.8. The third-order valence-corrected chi connectivity index (χ3v) is 2.13. The largest absolute Gasteiger partial charge is 0.573 e. The quantitative estimate of drug-likeness (QED) is 0.913. The minimum atomic E-state index is -4.85. The van der Waals surface area contributed by atoms with Crippen LogP contribution in [0.2, 0.25) is 0 Å². The molecule has 6 heteroatoms. The zero-order chi connectivity index (χ0) is 14.6. The lowest BCUT2D eigenvalue weighted by Crippen LogP contribution is -2.31. The number of benzene rings is 1. The molecule has 0 radical (unpaired) electrons. The van der Waals surface area contributed by atoms with Crippen LogP contribution in [0.3, 0.4) is 0 Å². The van der Waals surface area contributed by atoms with Gasteiger partial charge in [0.1, 0.15) is 5.75 Å². The average molecular weight is 273 g/mol. The number of hydrogen-bond acceptors (Lipinski definition) is 2. The van der Waals surface area contributed by atoms with Gasteiger partial charge < -0.3 is 10.1 Å². The summed E-state index contributed by atoms with van der Waals surface area (Å²) in [5.74, 6) is -1.16. The van der Waals surface area contributed by atoms with E-state index in [0.717, 1.165) is 6.07 Å². The van der Waals surface area contributed by atoms with Crippen molar-refractivity contribution in [2.45, 2.75) is 26.3 Å².